The van der Waals surface area contributed by atoms with Crippen LogP contribution < -0.4 is 5.73 Å². The predicted octanol–water partition coefficient (Wildman–Crippen LogP) is 3.24. The molecule has 0 aromatic heterocycles. The predicted molar refractivity (Wildman–Crippen MR) is 71.4 cm³/mol. The fourth-order valence-corrected chi connectivity index (χ4v) is 2.55. The molecule has 0 amide bonds. The molecule has 0 aliphatic heterocycles. The number of nitrogen functional groups attached to an aromatic ring is 1. The Morgan fingerprint density at radius 3 is 2.29 bits per heavy atom. The highest BCUT2D eigenvalue weighted by Crippen LogP contribution is 2.38. The average molecular weight is 289 g/mol. The Morgan fingerprint density at radius 1 is 0.941 bits per heavy atom. The molecule has 2 aromatic rings. The first-order chi connectivity index (χ1) is 8.20. The number of fused-ring (bicyclic) bond motifs is 3. The zero-order valence-corrected chi connectivity index (χ0v) is 10.4. The van der Waals surface area contributed by atoms with Crippen LogP contribution in [0.4, 0.5) is 5.69 Å². The zero-order valence-electron chi connectivity index (χ0n) is 8.81. The van der Waals surface area contributed by atoms with Gasteiger partial charge in [-0.3, -0.25) is 0 Å². The Balaban J connectivity index is 2.37. The minimum absolute atomic E-state index is 0.573. The van der Waals surface area contributed by atoms with E-state index in [2.05, 4.69) is 21.1 Å². The van der Waals surface area contributed by atoms with Crippen LogP contribution in [0.5, 0.6) is 0 Å². The van der Waals surface area contributed by atoms with Crippen molar-refractivity contribution in [2.75, 3.05) is 5.73 Å². The summed E-state index contributed by atoms with van der Waals surface area (Å²) in [7, 11) is 0. The molecule has 0 bridgehead atoms. The van der Waals surface area contributed by atoms with E-state index in [0.717, 1.165) is 26.7 Å². The van der Waals surface area contributed by atoms with Crippen LogP contribution in [0, 0.1) is 0 Å². The van der Waals surface area contributed by atoms with E-state index >= 15 is 0 Å². The highest BCUT2D eigenvalue weighted by molar-refractivity contribution is 9.10. The van der Waals surface area contributed by atoms with Crippen LogP contribution >= 0.6 is 15.9 Å². The molecule has 84 valence electrons. The number of nitrogens with zero attached hydrogens (tertiary/aromatic N) is 1. The molecule has 0 atom stereocenters. The average Bonchev–Trinajstić information content (AvgIpc) is 2.60. The summed E-state index contributed by atoms with van der Waals surface area (Å²) in [6.45, 7) is 0. The fourth-order valence-electron chi connectivity index (χ4n) is 2.19. The van der Waals surface area contributed by atoms with Gasteiger partial charge in [0.25, 0.3) is 0 Å². The van der Waals surface area contributed by atoms with Gasteiger partial charge in [-0.25, -0.2) is 0 Å². The number of hydrogen-bond donors (Lipinski definition) is 2. The van der Waals surface area contributed by atoms with Gasteiger partial charge in [0.2, 0.25) is 0 Å². The number of oxime groups is 1. The largest absolute Gasteiger partial charge is 0.410 e. The number of rotatable bonds is 0. The SMILES string of the molecule is Nc1ccc2c(c1)/C(=N/O)c1cc(Br)ccc1-2. The molecule has 0 radical (unpaired) electrons. The first kappa shape index (κ1) is 10.4. The van der Waals surface area contributed by atoms with E-state index in [0.29, 0.717) is 11.4 Å². The number of benzene rings is 2. The molecule has 1 aliphatic carbocycles. The van der Waals surface area contributed by atoms with E-state index in [-0.39, 0.29) is 0 Å². The topological polar surface area (TPSA) is 58.6 Å². The van der Waals surface area contributed by atoms with E-state index in [1.807, 2.05) is 36.4 Å². The van der Waals surface area contributed by atoms with Crippen molar-refractivity contribution in [3.05, 3.63) is 52.0 Å². The molecule has 0 heterocycles. The van der Waals surface area contributed by atoms with Gasteiger partial charge in [0.1, 0.15) is 5.71 Å². The normalized spacial score (nSPS) is 14.8. The maximum Gasteiger partial charge on any atom is 0.118 e. The van der Waals surface area contributed by atoms with Crippen molar-refractivity contribution in [3.8, 4) is 11.1 Å². The summed E-state index contributed by atoms with van der Waals surface area (Å²) in [5, 5.41) is 12.6. The minimum Gasteiger partial charge on any atom is -0.410 e. The van der Waals surface area contributed by atoms with Crippen LogP contribution in [0.1, 0.15) is 11.1 Å². The standard InChI is InChI=1S/C13H9BrN2O/c14-7-1-3-9-10-4-2-8(15)6-12(10)13(16-17)11(9)5-7/h1-6,17H,15H2/b16-13+. The third kappa shape index (κ3) is 1.45. The summed E-state index contributed by atoms with van der Waals surface area (Å²) in [6.07, 6.45) is 0. The van der Waals surface area contributed by atoms with Crippen LogP contribution in [-0.2, 0) is 0 Å². The van der Waals surface area contributed by atoms with E-state index in [9.17, 15) is 5.21 Å². The van der Waals surface area contributed by atoms with Gasteiger partial charge in [0.15, 0.2) is 0 Å². The van der Waals surface area contributed by atoms with Crippen molar-refractivity contribution in [3.63, 3.8) is 0 Å². The smallest absolute Gasteiger partial charge is 0.118 e. The maximum absolute atomic E-state index is 9.17. The van der Waals surface area contributed by atoms with Crippen molar-refractivity contribution >= 4 is 27.3 Å². The van der Waals surface area contributed by atoms with Gasteiger partial charge >= 0.3 is 0 Å². The van der Waals surface area contributed by atoms with Gasteiger partial charge in [-0.05, 0) is 35.4 Å². The van der Waals surface area contributed by atoms with Crippen molar-refractivity contribution in [1.82, 2.24) is 0 Å². The van der Waals surface area contributed by atoms with Gasteiger partial charge in [0, 0.05) is 21.3 Å². The number of hydrogen-bond acceptors (Lipinski definition) is 3. The quantitative estimate of drug-likeness (QED) is 0.379. The van der Waals surface area contributed by atoms with Crippen molar-refractivity contribution in [2.24, 2.45) is 5.16 Å². The summed E-state index contributed by atoms with van der Waals surface area (Å²) >= 11 is 3.42. The van der Waals surface area contributed by atoms with Gasteiger partial charge in [-0.15, -0.1) is 0 Å². The minimum atomic E-state index is 0.573. The molecule has 0 spiro atoms. The number of nitrogens with two attached hydrogens (primary N) is 1. The summed E-state index contributed by atoms with van der Waals surface area (Å²) in [6, 6.07) is 11.6. The maximum atomic E-state index is 9.17. The van der Waals surface area contributed by atoms with E-state index < -0.39 is 0 Å². The van der Waals surface area contributed by atoms with Crippen molar-refractivity contribution < 1.29 is 5.21 Å². The lowest BCUT2D eigenvalue weighted by Gasteiger charge is -2.00. The zero-order chi connectivity index (χ0) is 12.0. The van der Waals surface area contributed by atoms with Crippen molar-refractivity contribution in [1.29, 1.82) is 0 Å². The third-order valence-electron chi connectivity index (χ3n) is 2.93. The Bertz CT molecular complexity index is 596. The molecule has 3 nitrogen and oxygen atoms in total. The molecule has 2 aromatic carbocycles. The fraction of sp³-hybridized carbons (Fsp3) is 0. The second-order valence-electron chi connectivity index (χ2n) is 3.94. The lowest BCUT2D eigenvalue weighted by atomic mass is 10.1. The third-order valence-corrected chi connectivity index (χ3v) is 3.42. The van der Waals surface area contributed by atoms with Gasteiger partial charge < -0.3 is 10.9 Å². The van der Waals surface area contributed by atoms with Gasteiger partial charge in [-0.2, -0.15) is 0 Å². The molecule has 0 saturated carbocycles. The van der Waals surface area contributed by atoms with Gasteiger partial charge in [0.05, 0.1) is 0 Å². The molecule has 0 unspecified atom stereocenters. The molecule has 4 heteroatoms. The highest BCUT2D eigenvalue weighted by atomic mass is 79.9. The van der Waals surface area contributed by atoms with E-state index in [1.54, 1.807) is 0 Å². The Kier molecular flexibility index (Phi) is 2.19. The molecule has 17 heavy (non-hydrogen) atoms. The lowest BCUT2D eigenvalue weighted by Crippen LogP contribution is -1.98. The van der Waals surface area contributed by atoms with E-state index in [4.69, 9.17) is 5.73 Å². The Labute approximate surface area is 107 Å². The highest BCUT2D eigenvalue weighted by Gasteiger charge is 2.25. The van der Waals surface area contributed by atoms with Crippen LogP contribution in [0.2, 0.25) is 0 Å². The second-order valence-corrected chi connectivity index (χ2v) is 4.86. The van der Waals surface area contributed by atoms with Crippen LogP contribution in [0.15, 0.2) is 46.0 Å². The summed E-state index contributed by atoms with van der Waals surface area (Å²) < 4.78 is 0.957. The van der Waals surface area contributed by atoms with Gasteiger partial charge in [-0.1, -0.05) is 33.2 Å². The molecule has 0 fully saturated rings. The first-order valence-electron chi connectivity index (χ1n) is 5.13. The van der Waals surface area contributed by atoms with Crippen molar-refractivity contribution in [2.45, 2.75) is 0 Å². The Morgan fingerprint density at radius 2 is 1.59 bits per heavy atom. The monoisotopic (exact) mass is 288 g/mol. The summed E-state index contributed by atoms with van der Waals surface area (Å²) in [4.78, 5) is 0. The van der Waals surface area contributed by atoms with Crippen LogP contribution in [-0.4, -0.2) is 10.9 Å². The molecule has 1 aliphatic rings. The number of halogens is 1. The molecular weight excluding hydrogens is 280 g/mol. The molecule has 3 N–H and O–H groups in total. The summed E-state index contributed by atoms with van der Waals surface area (Å²) in [5.74, 6) is 0. The number of anilines is 1. The van der Waals surface area contributed by atoms with Crippen LogP contribution in [0.25, 0.3) is 11.1 Å². The molecule has 0 saturated heterocycles. The lowest BCUT2D eigenvalue weighted by molar-refractivity contribution is 0.320. The molecule has 3 rings (SSSR count). The van der Waals surface area contributed by atoms with E-state index in [1.165, 1.54) is 0 Å². The first-order valence-corrected chi connectivity index (χ1v) is 5.92. The molecular formula is C13H9BrN2O. The Hall–Kier alpha value is -1.81. The second kappa shape index (κ2) is 3.60. The van der Waals surface area contributed by atoms with Crippen LogP contribution in [0.3, 0.4) is 0 Å². The summed E-state index contributed by atoms with van der Waals surface area (Å²) in [5.41, 5.74) is 10.9.